The van der Waals surface area contributed by atoms with E-state index in [0.717, 1.165) is 43.6 Å². The Hall–Kier alpha value is -3.06. The highest BCUT2D eigenvalue weighted by molar-refractivity contribution is 6.02. The van der Waals surface area contributed by atoms with Crippen LogP contribution in [0.1, 0.15) is 48.5 Å². The van der Waals surface area contributed by atoms with Crippen LogP contribution in [0.5, 0.6) is 0 Å². The van der Waals surface area contributed by atoms with E-state index in [1.807, 2.05) is 49.4 Å². The van der Waals surface area contributed by atoms with Gasteiger partial charge in [0.1, 0.15) is 0 Å². The first kappa shape index (κ1) is 23.6. The van der Waals surface area contributed by atoms with Crippen LogP contribution in [0.25, 0.3) is 0 Å². The highest BCUT2D eigenvalue weighted by atomic mass is 16.5. The summed E-state index contributed by atoms with van der Waals surface area (Å²) in [5.74, 6) is -0.129. The van der Waals surface area contributed by atoms with Gasteiger partial charge in [-0.05, 0) is 56.4 Å². The fourth-order valence-corrected chi connectivity index (χ4v) is 3.78. The molecule has 0 atom stereocenters. The Morgan fingerprint density at radius 1 is 1.00 bits per heavy atom. The van der Waals surface area contributed by atoms with Crippen LogP contribution in [-0.2, 0) is 11.3 Å². The molecular formula is C25H34N4O3. The van der Waals surface area contributed by atoms with Gasteiger partial charge in [0.05, 0.1) is 5.56 Å². The summed E-state index contributed by atoms with van der Waals surface area (Å²) in [4.78, 5) is 27.6. The van der Waals surface area contributed by atoms with Gasteiger partial charge in [-0.3, -0.25) is 4.79 Å². The maximum Gasteiger partial charge on any atom is 0.319 e. The molecule has 7 heteroatoms. The van der Waals surface area contributed by atoms with Crippen LogP contribution >= 0.6 is 0 Å². The lowest BCUT2D eigenvalue weighted by atomic mass is 10.1. The minimum absolute atomic E-state index is 0.129. The number of ether oxygens (including phenoxy) is 1. The number of nitrogens with zero attached hydrogens (tertiary/aromatic N) is 1. The molecule has 1 fully saturated rings. The van der Waals surface area contributed by atoms with E-state index in [9.17, 15) is 9.59 Å². The molecule has 0 saturated carbocycles. The monoisotopic (exact) mass is 438 g/mol. The molecule has 1 saturated heterocycles. The van der Waals surface area contributed by atoms with E-state index in [0.29, 0.717) is 37.6 Å². The molecule has 0 radical (unpaired) electrons. The number of piperidine rings is 1. The summed E-state index contributed by atoms with van der Waals surface area (Å²) in [5.41, 5.74) is 3.12. The number of carbonyl (C=O) groups excluding carboxylic acids is 2. The lowest BCUT2D eigenvalue weighted by molar-refractivity contribution is 0.0944. The number of benzene rings is 2. The number of hydrogen-bond acceptors (Lipinski definition) is 4. The highest BCUT2D eigenvalue weighted by Crippen LogP contribution is 2.27. The van der Waals surface area contributed by atoms with Gasteiger partial charge in [0, 0.05) is 50.8 Å². The fourth-order valence-electron chi connectivity index (χ4n) is 3.78. The Morgan fingerprint density at radius 3 is 2.53 bits per heavy atom. The van der Waals surface area contributed by atoms with Gasteiger partial charge in [-0.1, -0.05) is 30.3 Å². The number of urea groups is 1. The van der Waals surface area contributed by atoms with Crippen molar-refractivity contribution in [1.82, 2.24) is 10.6 Å². The van der Waals surface area contributed by atoms with Crippen molar-refractivity contribution < 1.29 is 14.3 Å². The third-order valence-corrected chi connectivity index (χ3v) is 5.45. The summed E-state index contributed by atoms with van der Waals surface area (Å²) in [6.45, 7) is 6.12. The number of carbonyl (C=O) groups is 2. The summed E-state index contributed by atoms with van der Waals surface area (Å²) >= 11 is 0. The molecule has 1 aliphatic rings. The smallest absolute Gasteiger partial charge is 0.319 e. The highest BCUT2D eigenvalue weighted by Gasteiger charge is 2.19. The molecule has 1 aliphatic heterocycles. The van der Waals surface area contributed by atoms with Crippen LogP contribution in [0, 0.1) is 0 Å². The second-order valence-corrected chi connectivity index (χ2v) is 7.88. The van der Waals surface area contributed by atoms with Gasteiger partial charge < -0.3 is 25.6 Å². The van der Waals surface area contributed by atoms with Crippen molar-refractivity contribution in [3.8, 4) is 0 Å². The Balaban J connectivity index is 1.66. The Morgan fingerprint density at radius 2 is 1.78 bits per heavy atom. The second-order valence-electron chi connectivity index (χ2n) is 7.88. The van der Waals surface area contributed by atoms with Crippen molar-refractivity contribution in [3.63, 3.8) is 0 Å². The van der Waals surface area contributed by atoms with E-state index < -0.39 is 0 Å². The minimum Gasteiger partial charge on any atom is -0.382 e. The van der Waals surface area contributed by atoms with Crippen LogP contribution in [0.3, 0.4) is 0 Å². The van der Waals surface area contributed by atoms with Gasteiger partial charge in [0.15, 0.2) is 0 Å². The summed E-state index contributed by atoms with van der Waals surface area (Å²) in [6.07, 6.45) is 4.23. The summed E-state index contributed by atoms with van der Waals surface area (Å²) in [5, 5.41) is 8.70. The molecule has 0 spiro atoms. The number of amides is 3. The molecule has 172 valence electrons. The Bertz CT molecular complexity index is 867. The molecule has 32 heavy (non-hydrogen) atoms. The topological polar surface area (TPSA) is 82.7 Å². The molecule has 0 unspecified atom stereocenters. The van der Waals surface area contributed by atoms with Crippen molar-refractivity contribution >= 4 is 23.3 Å². The van der Waals surface area contributed by atoms with Gasteiger partial charge in [0.2, 0.25) is 0 Å². The third-order valence-electron chi connectivity index (χ3n) is 5.45. The van der Waals surface area contributed by atoms with E-state index in [1.54, 1.807) is 6.07 Å². The zero-order chi connectivity index (χ0) is 22.6. The second kappa shape index (κ2) is 12.7. The van der Waals surface area contributed by atoms with Gasteiger partial charge in [-0.15, -0.1) is 0 Å². The van der Waals surface area contributed by atoms with Crippen molar-refractivity contribution in [2.75, 3.05) is 43.1 Å². The van der Waals surface area contributed by atoms with Gasteiger partial charge >= 0.3 is 6.03 Å². The predicted molar refractivity (Wildman–Crippen MR) is 128 cm³/mol. The number of rotatable bonds is 10. The molecule has 1 heterocycles. The Labute approximate surface area is 190 Å². The first-order valence-electron chi connectivity index (χ1n) is 11.5. The first-order valence-corrected chi connectivity index (χ1v) is 11.5. The minimum atomic E-state index is -0.303. The zero-order valence-electron chi connectivity index (χ0n) is 18.9. The predicted octanol–water partition coefficient (Wildman–Crippen LogP) is 4.16. The standard InChI is InChI=1S/C25H34N4O3/c1-2-32-17-9-14-26-24(30)22-18-21(12-13-23(22)29-15-7-4-8-16-29)28-25(31)27-19-20-10-5-3-6-11-20/h3,5-6,10-13,18H,2,4,7-9,14-17,19H2,1H3,(H,26,30)(H2,27,28,31). The van der Waals surface area contributed by atoms with Crippen LogP contribution in [-0.4, -0.2) is 44.8 Å². The van der Waals surface area contributed by atoms with Crippen molar-refractivity contribution in [2.24, 2.45) is 0 Å². The van der Waals surface area contributed by atoms with E-state index in [1.165, 1.54) is 6.42 Å². The van der Waals surface area contributed by atoms with E-state index in [-0.39, 0.29) is 11.9 Å². The average molecular weight is 439 g/mol. The van der Waals surface area contributed by atoms with Crippen LogP contribution in [0.15, 0.2) is 48.5 Å². The summed E-state index contributed by atoms with van der Waals surface area (Å²) in [7, 11) is 0. The number of hydrogen-bond donors (Lipinski definition) is 3. The normalized spacial score (nSPS) is 13.5. The van der Waals surface area contributed by atoms with E-state index in [4.69, 9.17) is 4.74 Å². The molecule has 3 rings (SSSR count). The van der Waals surface area contributed by atoms with E-state index >= 15 is 0 Å². The SMILES string of the molecule is CCOCCCNC(=O)c1cc(NC(=O)NCc2ccccc2)ccc1N1CCCCC1. The maximum absolute atomic E-state index is 13.0. The lowest BCUT2D eigenvalue weighted by Gasteiger charge is -2.30. The summed E-state index contributed by atoms with van der Waals surface area (Å²) < 4.78 is 5.34. The molecule has 2 aromatic carbocycles. The van der Waals surface area contributed by atoms with Gasteiger partial charge in [0.25, 0.3) is 5.91 Å². The molecule has 0 aliphatic carbocycles. The molecule has 3 N–H and O–H groups in total. The van der Waals surface area contributed by atoms with Gasteiger partial charge in [-0.2, -0.15) is 0 Å². The molecule has 7 nitrogen and oxygen atoms in total. The average Bonchev–Trinajstić information content (AvgIpc) is 2.83. The number of nitrogens with one attached hydrogen (secondary N) is 3. The van der Waals surface area contributed by atoms with Crippen molar-refractivity contribution in [2.45, 2.75) is 39.2 Å². The fraction of sp³-hybridized carbons (Fsp3) is 0.440. The number of anilines is 2. The van der Waals surface area contributed by atoms with Crippen molar-refractivity contribution in [1.29, 1.82) is 0 Å². The largest absolute Gasteiger partial charge is 0.382 e. The van der Waals surface area contributed by atoms with Gasteiger partial charge in [-0.25, -0.2) is 4.79 Å². The molecule has 0 bridgehead atoms. The van der Waals surface area contributed by atoms with E-state index in [2.05, 4.69) is 20.9 Å². The first-order chi connectivity index (χ1) is 15.7. The maximum atomic E-state index is 13.0. The molecular weight excluding hydrogens is 404 g/mol. The molecule has 2 aromatic rings. The Kier molecular flexibility index (Phi) is 9.37. The molecule has 3 amide bonds. The molecule has 0 aromatic heterocycles. The van der Waals surface area contributed by atoms with Crippen LogP contribution in [0.2, 0.25) is 0 Å². The lowest BCUT2D eigenvalue weighted by Crippen LogP contribution is -2.33. The third kappa shape index (κ3) is 7.27. The quantitative estimate of drug-likeness (QED) is 0.487. The van der Waals surface area contributed by atoms with Crippen LogP contribution < -0.4 is 20.9 Å². The van der Waals surface area contributed by atoms with Crippen molar-refractivity contribution in [3.05, 3.63) is 59.7 Å². The van der Waals surface area contributed by atoms with Crippen LogP contribution in [0.4, 0.5) is 16.2 Å². The zero-order valence-corrected chi connectivity index (χ0v) is 18.9. The summed E-state index contributed by atoms with van der Waals surface area (Å²) in [6, 6.07) is 15.0.